The van der Waals surface area contributed by atoms with Crippen LogP contribution < -0.4 is 10.6 Å². The first-order valence-electron chi connectivity index (χ1n) is 8.74. The Balaban J connectivity index is 1.62. The predicted molar refractivity (Wildman–Crippen MR) is 109 cm³/mol. The van der Waals surface area contributed by atoms with Crippen LogP contribution in [-0.2, 0) is 16.1 Å². The number of benzene rings is 1. The summed E-state index contributed by atoms with van der Waals surface area (Å²) in [5, 5.41) is 5.74. The fourth-order valence-corrected chi connectivity index (χ4v) is 3.02. The van der Waals surface area contributed by atoms with Gasteiger partial charge in [0.1, 0.15) is 12.1 Å². The van der Waals surface area contributed by atoms with E-state index in [1.807, 2.05) is 36.4 Å². The summed E-state index contributed by atoms with van der Waals surface area (Å²) in [5.41, 5.74) is 1.80. The summed E-state index contributed by atoms with van der Waals surface area (Å²) in [4.78, 5) is 32.3. The topological polar surface area (TPSA) is 88.9 Å². The summed E-state index contributed by atoms with van der Waals surface area (Å²) in [6.07, 6.45) is 7.00. The lowest BCUT2D eigenvalue weighted by Gasteiger charge is -2.18. The number of halogens is 1. The summed E-state index contributed by atoms with van der Waals surface area (Å²) < 4.78 is 2.74. The maximum absolute atomic E-state index is 12.5. The number of hydrogen-bond acceptors (Lipinski definition) is 4. The molecule has 2 heterocycles. The van der Waals surface area contributed by atoms with Gasteiger partial charge in [-0.2, -0.15) is 0 Å². The minimum Gasteiger partial charge on any atom is -0.352 e. The monoisotopic (exact) mass is 441 g/mol. The van der Waals surface area contributed by atoms with Crippen molar-refractivity contribution in [2.24, 2.45) is 0 Å². The molecule has 2 amide bonds. The van der Waals surface area contributed by atoms with Crippen molar-refractivity contribution in [3.63, 3.8) is 0 Å². The molecule has 7 nitrogen and oxygen atoms in total. The molecule has 2 N–H and O–H groups in total. The molecule has 0 fully saturated rings. The summed E-state index contributed by atoms with van der Waals surface area (Å²) in [5.74, 6) is 0.401. The van der Waals surface area contributed by atoms with E-state index in [0.717, 1.165) is 21.4 Å². The molecular formula is C20H20BrN5O2. The summed E-state index contributed by atoms with van der Waals surface area (Å²) in [6.45, 7) is 1.81. The summed E-state index contributed by atoms with van der Waals surface area (Å²) in [6, 6.07) is 10.9. The third-order valence-corrected chi connectivity index (χ3v) is 4.64. The number of aromatic nitrogens is 3. The van der Waals surface area contributed by atoms with Crippen LogP contribution in [0.5, 0.6) is 0 Å². The van der Waals surface area contributed by atoms with Gasteiger partial charge in [0, 0.05) is 36.5 Å². The lowest BCUT2D eigenvalue weighted by atomic mass is 10.0. The Hall–Kier alpha value is -3.00. The van der Waals surface area contributed by atoms with Crippen LogP contribution in [0.1, 0.15) is 30.5 Å². The molecule has 0 unspecified atom stereocenters. The second-order valence-electron chi connectivity index (χ2n) is 6.28. The number of nitrogens with zero attached hydrogens (tertiary/aromatic N) is 3. The van der Waals surface area contributed by atoms with Gasteiger partial charge in [-0.05, 0) is 35.4 Å². The number of pyridine rings is 1. The molecular weight excluding hydrogens is 422 g/mol. The van der Waals surface area contributed by atoms with Gasteiger partial charge < -0.3 is 10.6 Å². The van der Waals surface area contributed by atoms with Crippen LogP contribution in [-0.4, -0.2) is 26.3 Å². The van der Waals surface area contributed by atoms with Crippen LogP contribution in [0.25, 0.3) is 5.82 Å². The van der Waals surface area contributed by atoms with Crippen molar-refractivity contribution in [3.8, 4) is 5.82 Å². The Morgan fingerprint density at radius 3 is 2.64 bits per heavy atom. The molecule has 0 aliphatic carbocycles. The molecule has 8 heteroatoms. The zero-order valence-corrected chi connectivity index (χ0v) is 16.9. The molecule has 144 valence electrons. The third kappa shape index (κ3) is 5.50. The number of nitrogens with one attached hydrogen (secondary N) is 2. The number of carbonyl (C=O) groups excluding carboxylic acids is 2. The molecule has 1 atom stereocenters. The fourth-order valence-electron chi connectivity index (χ4n) is 2.76. The summed E-state index contributed by atoms with van der Waals surface area (Å²) >= 11 is 3.39. The van der Waals surface area contributed by atoms with Gasteiger partial charge in [-0.25, -0.2) is 9.97 Å². The smallest absolute Gasteiger partial charge is 0.222 e. The highest BCUT2D eigenvalue weighted by molar-refractivity contribution is 9.10. The van der Waals surface area contributed by atoms with Gasteiger partial charge in [0.25, 0.3) is 0 Å². The predicted octanol–water partition coefficient (Wildman–Crippen LogP) is 2.91. The highest BCUT2D eigenvalue weighted by atomic mass is 79.9. The fraction of sp³-hybridized carbons (Fsp3) is 0.200. The van der Waals surface area contributed by atoms with Crippen LogP contribution in [0.2, 0.25) is 0 Å². The van der Waals surface area contributed by atoms with Gasteiger partial charge >= 0.3 is 0 Å². The molecule has 0 aliphatic rings. The van der Waals surface area contributed by atoms with Crippen LogP contribution in [0.15, 0.2) is 65.8 Å². The highest BCUT2D eigenvalue weighted by Gasteiger charge is 2.17. The average molecular weight is 442 g/mol. The Kier molecular flexibility index (Phi) is 6.54. The molecule has 3 aromatic rings. The molecule has 0 spiro atoms. The van der Waals surface area contributed by atoms with Crippen molar-refractivity contribution < 1.29 is 9.59 Å². The zero-order chi connectivity index (χ0) is 19.9. The molecule has 0 saturated carbocycles. The number of imidazole rings is 1. The van der Waals surface area contributed by atoms with Crippen LogP contribution in [0.3, 0.4) is 0 Å². The minimum absolute atomic E-state index is 0.150. The van der Waals surface area contributed by atoms with Crippen molar-refractivity contribution in [1.82, 2.24) is 25.2 Å². The third-order valence-electron chi connectivity index (χ3n) is 4.11. The molecule has 3 rings (SSSR count). The maximum atomic E-state index is 12.5. The van der Waals surface area contributed by atoms with E-state index in [1.165, 1.54) is 6.92 Å². The van der Waals surface area contributed by atoms with E-state index in [2.05, 4.69) is 36.5 Å². The van der Waals surface area contributed by atoms with E-state index in [-0.39, 0.29) is 24.3 Å². The molecule has 0 radical (unpaired) electrons. The van der Waals surface area contributed by atoms with Gasteiger partial charge in [-0.1, -0.05) is 28.1 Å². The number of amides is 2. The first-order valence-corrected chi connectivity index (χ1v) is 9.53. The lowest BCUT2D eigenvalue weighted by molar-refractivity contribution is -0.122. The number of carbonyl (C=O) groups is 2. The standard InChI is InChI=1S/C20H20BrN5O2/c1-14(27)25-18(16-2-4-17(21)5-3-16)11-20(28)24-12-15-6-7-23-19(10-15)26-9-8-22-13-26/h2-10,13,18H,11-12H2,1H3,(H,24,28)(H,25,27)/t18-/m1/s1. The van der Waals surface area contributed by atoms with Crippen molar-refractivity contribution in [3.05, 3.63) is 76.9 Å². The minimum atomic E-state index is -0.385. The van der Waals surface area contributed by atoms with Crippen molar-refractivity contribution >= 4 is 27.7 Å². The van der Waals surface area contributed by atoms with E-state index in [1.54, 1.807) is 29.5 Å². The van der Waals surface area contributed by atoms with Gasteiger partial charge in [0.05, 0.1) is 12.5 Å². The van der Waals surface area contributed by atoms with E-state index >= 15 is 0 Å². The van der Waals surface area contributed by atoms with Crippen molar-refractivity contribution in [2.45, 2.75) is 25.9 Å². The molecule has 0 aliphatic heterocycles. The van der Waals surface area contributed by atoms with E-state index in [9.17, 15) is 9.59 Å². The zero-order valence-electron chi connectivity index (χ0n) is 15.3. The van der Waals surface area contributed by atoms with Crippen LogP contribution >= 0.6 is 15.9 Å². The van der Waals surface area contributed by atoms with E-state index < -0.39 is 0 Å². The van der Waals surface area contributed by atoms with Crippen LogP contribution in [0.4, 0.5) is 0 Å². The highest BCUT2D eigenvalue weighted by Crippen LogP contribution is 2.20. The van der Waals surface area contributed by atoms with Gasteiger partial charge in [-0.15, -0.1) is 0 Å². The molecule has 1 aromatic carbocycles. The molecule has 0 bridgehead atoms. The first kappa shape index (κ1) is 19.8. The Morgan fingerprint density at radius 2 is 1.96 bits per heavy atom. The first-order chi connectivity index (χ1) is 13.5. The lowest BCUT2D eigenvalue weighted by Crippen LogP contribution is -2.32. The molecule has 28 heavy (non-hydrogen) atoms. The Morgan fingerprint density at radius 1 is 1.18 bits per heavy atom. The number of hydrogen-bond donors (Lipinski definition) is 2. The Labute approximate surface area is 171 Å². The second kappa shape index (κ2) is 9.27. The van der Waals surface area contributed by atoms with Crippen molar-refractivity contribution in [2.75, 3.05) is 0 Å². The van der Waals surface area contributed by atoms with Crippen molar-refractivity contribution in [1.29, 1.82) is 0 Å². The quantitative estimate of drug-likeness (QED) is 0.589. The molecule has 2 aromatic heterocycles. The SMILES string of the molecule is CC(=O)N[C@H](CC(=O)NCc1ccnc(-n2ccnc2)c1)c1ccc(Br)cc1. The largest absolute Gasteiger partial charge is 0.352 e. The van der Waals surface area contributed by atoms with E-state index in [0.29, 0.717) is 6.54 Å². The van der Waals surface area contributed by atoms with Crippen LogP contribution in [0, 0.1) is 0 Å². The van der Waals surface area contributed by atoms with Gasteiger partial charge in [0.2, 0.25) is 11.8 Å². The normalized spacial score (nSPS) is 11.6. The average Bonchev–Trinajstić information content (AvgIpc) is 3.21. The Bertz CT molecular complexity index is 941. The maximum Gasteiger partial charge on any atom is 0.222 e. The van der Waals surface area contributed by atoms with Gasteiger partial charge in [-0.3, -0.25) is 14.2 Å². The number of rotatable bonds is 7. The summed E-state index contributed by atoms with van der Waals surface area (Å²) in [7, 11) is 0. The second-order valence-corrected chi connectivity index (χ2v) is 7.19. The van der Waals surface area contributed by atoms with Gasteiger partial charge in [0.15, 0.2) is 0 Å². The van der Waals surface area contributed by atoms with E-state index in [4.69, 9.17) is 0 Å². The molecule has 0 saturated heterocycles.